The number of unbranched alkanes of at least 4 members (excludes halogenated alkanes) is 1. The monoisotopic (exact) mass is 247 g/mol. The molecule has 2 aromatic rings. The van der Waals surface area contributed by atoms with Gasteiger partial charge in [-0.15, -0.1) is 12.3 Å². The van der Waals surface area contributed by atoms with Crippen molar-refractivity contribution < 1.29 is 0 Å². The van der Waals surface area contributed by atoms with Crippen molar-refractivity contribution in [3.05, 3.63) is 59.7 Å². The standard InChI is InChI=1S/C18H17N/c1-2-3-8-13-19-18-16-11-6-4-9-14(16)15-10-5-7-12-17(15)18/h1,4-7,9-12,18-19H,3,8,13H2. The molecule has 0 amide bonds. The van der Waals surface area contributed by atoms with E-state index in [2.05, 4.69) is 59.8 Å². The molecule has 0 spiro atoms. The van der Waals surface area contributed by atoms with Gasteiger partial charge >= 0.3 is 0 Å². The molecule has 0 aliphatic heterocycles. The molecule has 0 radical (unpaired) electrons. The van der Waals surface area contributed by atoms with Gasteiger partial charge in [-0.3, -0.25) is 0 Å². The van der Waals surface area contributed by atoms with Crippen molar-refractivity contribution in [3.63, 3.8) is 0 Å². The summed E-state index contributed by atoms with van der Waals surface area (Å²) in [7, 11) is 0. The van der Waals surface area contributed by atoms with Gasteiger partial charge in [0.2, 0.25) is 0 Å². The van der Waals surface area contributed by atoms with Crippen molar-refractivity contribution in [2.24, 2.45) is 0 Å². The third-order valence-corrected chi connectivity index (χ3v) is 3.68. The number of hydrogen-bond acceptors (Lipinski definition) is 1. The van der Waals surface area contributed by atoms with Crippen LogP contribution in [0.15, 0.2) is 48.5 Å². The Labute approximate surface area is 114 Å². The maximum absolute atomic E-state index is 5.30. The second-order valence-electron chi connectivity index (χ2n) is 4.87. The zero-order valence-corrected chi connectivity index (χ0v) is 10.9. The SMILES string of the molecule is C#CCCCNC1c2ccccc2-c2ccccc21. The van der Waals surface area contributed by atoms with Crippen LogP contribution in [0.1, 0.15) is 30.0 Å². The average Bonchev–Trinajstić information content (AvgIpc) is 2.78. The Kier molecular flexibility index (Phi) is 3.35. The third kappa shape index (κ3) is 2.16. The van der Waals surface area contributed by atoms with Crippen molar-refractivity contribution in [2.75, 3.05) is 6.54 Å². The number of fused-ring (bicyclic) bond motifs is 3. The first-order valence-electron chi connectivity index (χ1n) is 6.77. The number of nitrogens with one attached hydrogen (secondary N) is 1. The minimum absolute atomic E-state index is 0.310. The van der Waals surface area contributed by atoms with Gasteiger partial charge in [0.05, 0.1) is 6.04 Å². The quantitative estimate of drug-likeness (QED) is 0.640. The lowest BCUT2D eigenvalue weighted by Crippen LogP contribution is -2.21. The van der Waals surface area contributed by atoms with Crippen molar-refractivity contribution in [1.29, 1.82) is 0 Å². The van der Waals surface area contributed by atoms with Crippen LogP contribution in [0.2, 0.25) is 0 Å². The first-order chi connectivity index (χ1) is 9.42. The van der Waals surface area contributed by atoms with Crippen LogP contribution in [0.5, 0.6) is 0 Å². The van der Waals surface area contributed by atoms with Crippen LogP contribution >= 0.6 is 0 Å². The summed E-state index contributed by atoms with van der Waals surface area (Å²) in [5.74, 6) is 2.69. The first-order valence-corrected chi connectivity index (χ1v) is 6.77. The summed E-state index contributed by atoms with van der Waals surface area (Å²) in [6.45, 7) is 0.956. The van der Waals surface area contributed by atoms with E-state index in [1.807, 2.05) is 0 Å². The highest BCUT2D eigenvalue weighted by Crippen LogP contribution is 2.42. The number of terminal acetylenes is 1. The van der Waals surface area contributed by atoms with Crippen LogP contribution in [0.4, 0.5) is 0 Å². The molecular formula is C18H17N. The summed E-state index contributed by atoms with van der Waals surface area (Å²) in [4.78, 5) is 0. The second-order valence-corrected chi connectivity index (χ2v) is 4.87. The molecular weight excluding hydrogens is 230 g/mol. The van der Waals surface area contributed by atoms with Gasteiger partial charge in [0.25, 0.3) is 0 Å². The van der Waals surface area contributed by atoms with Gasteiger partial charge in [0, 0.05) is 6.42 Å². The number of rotatable bonds is 4. The van der Waals surface area contributed by atoms with Gasteiger partial charge in [0.1, 0.15) is 0 Å². The molecule has 0 atom stereocenters. The summed E-state index contributed by atoms with van der Waals surface area (Å²) in [5, 5.41) is 3.63. The Hall–Kier alpha value is -2.04. The van der Waals surface area contributed by atoms with E-state index in [1.54, 1.807) is 0 Å². The molecule has 1 aliphatic carbocycles. The molecule has 1 heteroatoms. The zero-order chi connectivity index (χ0) is 13.1. The van der Waals surface area contributed by atoms with E-state index < -0.39 is 0 Å². The van der Waals surface area contributed by atoms with Gasteiger partial charge in [-0.1, -0.05) is 48.5 Å². The maximum atomic E-state index is 5.30. The van der Waals surface area contributed by atoms with Crippen LogP contribution in [0.25, 0.3) is 11.1 Å². The second kappa shape index (κ2) is 5.30. The van der Waals surface area contributed by atoms with Gasteiger partial charge in [-0.05, 0) is 35.2 Å². The molecule has 3 rings (SSSR count). The number of benzene rings is 2. The third-order valence-electron chi connectivity index (χ3n) is 3.68. The average molecular weight is 247 g/mol. The van der Waals surface area contributed by atoms with Gasteiger partial charge in [-0.25, -0.2) is 0 Å². The van der Waals surface area contributed by atoms with Crippen LogP contribution in [0.3, 0.4) is 0 Å². The Bertz CT molecular complexity index is 576. The zero-order valence-electron chi connectivity index (χ0n) is 10.9. The summed E-state index contributed by atoms with van der Waals surface area (Å²) in [5.41, 5.74) is 5.47. The van der Waals surface area contributed by atoms with Crippen LogP contribution in [-0.2, 0) is 0 Å². The molecule has 0 fully saturated rings. The largest absolute Gasteiger partial charge is 0.306 e. The number of hydrogen-bond donors (Lipinski definition) is 1. The highest BCUT2D eigenvalue weighted by Gasteiger charge is 2.26. The molecule has 0 saturated carbocycles. The van der Waals surface area contributed by atoms with E-state index in [-0.39, 0.29) is 0 Å². The molecule has 1 N–H and O–H groups in total. The molecule has 94 valence electrons. The minimum atomic E-state index is 0.310. The molecule has 19 heavy (non-hydrogen) atoms. The van der Waals surface area contributed by atoms with Crippen LogP contribution < -0.4 is 5.32 Å². The molecule has 0 aromatic heterocycles. The predicted molar refractivity (Wildman–Crippen MR) is 79.8 cm³/mol. The maximum Gasteiger partial charge on any atom is 0.0588 e. The van der Waals surface area contributed by atoms with Gasteiger partial charge in [0.15, 0.2) is 0 Å². The topological polar surface area (TPSA) is 12.0 Å². The molecule has 0 heterocycles. The van der Waals surface area contributed by atoms with Crippen molar-refractivity contribution in [3.8, 4) is 23.5 Å². The summed E-state index contributed by atoms with van der Waals surface area (Å²) in [6.07, 6.45) is 7.16. The molecule has 0 saturated heterocycles. The van der Waals surface area contributed by atoms with E-state index in [0.29, 0.717) is 6.04 Å². The van der Waals surface area contributed by atoms with Gasteiger partial charge < -0.3 is 5.32 Å². The summed E-state index contributed by atoms with van der Waals surface area (Å²) in [6, 6.07) is 17.6. The lowest BCUT2D eigenvalue weighted by atomic mass is 10.1. The normalized spacial score (nSPS) is 12.8. The smallest absolute Gasteiger partial charge is 0.0588 e. The van der Waals surface area contributed by atoms with Gasteiger partial charge in [-0.2, -0.15) is 0 Å². The minimum Gasteiger partial charge on any atom is -0.306 e. The fourth-order valence-electron chi connectivity index (χ4n) is 2.81. The Morgan fingerprint density at radius 1 is 0.947 bits per heavy atom. The van der Waals surface area contributed by atoms with E-state index in [1.165, 1.54) is 22.3 Å². The van der Waals surface area contributed by atoms with Crippen molar-refractivity contribution >= 4 is 0 Å². The fraction of sp³-hybridized carbons (Fsp3) is 0.222. The lowest BCUT2D eigenvalue weighted by molar-refractivity contribution is 0.597. The summed E-state index contributed by atoms with van der Waals surface area (Å²) < 4.78 is 0. The molecule has 1 nitrogen and oxygen atoms in total. The lowest BCUT2D eigenvalue weighted by Gasteiger charge is -2.15. The Morgan fingerprint density at radius 2 is 1.53 bits per heavy atom. The summed E-state index contributed by atoms with van der Waals surface area (Å²) >= 11 is 0. The first kappa shape index (κ1) is 12.0. The van der Waals surface area contributed by atoms with E-state index in [4.69, 9.17) is 6.42 Å². The van der Waals surface area contributed by atoms with Crippen LogP contribution in [-0.4, -0.2) is 6.54 Å². The predicted octanol–water partition coefficient (Wildman–Crippen LogP) is 3.76. The van der Waals surface area contributed by atoms with E-state index in [9.17, 15) is 0 Å². The van der Waals surface area contributed by atoms with Crippen LogP contribution in [0, 0.1) is 12.3 Å². The highest BCUT2D eigenvalue weighted by atomic mass is 14.9. The Balaban J connectivity index is 1.90. The fourth-order valence-corrected chi connectivity index (χ4v) is 2.81. The van der Waals surface area contributed by atoms with Crippen molar-refractivity contribution in [2.45, 2.75) is 18.9 Å². The van der Waals surface area contributed by atoms with E-state index in [0.717, 1.165) is 19.4 Å². The van der Waals surface area contributed by atoms with Crippen molar-refractivity contribution in [1.82, 2.24) is 5.32 Å². The molecule has 0 unspecified atom stereocenters. The highest BCUT2D eigenvalue weighted by molar-refractivity contribution is 5.78. The molecule has 2 aromatic carbocycles. The molecule has 1 aliphatic rings. The van der Waals surface area contributed by atoms with E-state index >= 15 is 0 Å². The molecule has 0 bridgehead atoms. The Morgan fingerprint density at radius 3 is 2.11 bits per heavy atom.